The minimum Gasteiger partial charge on any atom is -0.504 e. The zero-order valence-electron chi connectivity index (χ0n) is 15.6. The Labute approximate surface area is 189 Å². The Morgan fingerprint density at radius 3 is 2.38 bits per heavy atom. The molecular weight excluding hydrogens is 507 g/mol. The number of para-hydroxylation sites is 1. The van der Waals surface area contributed by atoms with Crippen molar-refractivity contribution in [3.05, 3.63) is 45.9 Å². The number of urea groups is 1. The van der Waals surface area contributed by atoms with E-state index in [4.69, 9.17) is 17.3 Å². The van der Waals surface area contributed by atoms with Crippen LogP contribution < -0.4 is 15.4 Å². The number of phenols is 1. The third kappa shape index (κ3) is 5.97. The Morgan fingerprint density at radius 1 is 1.21 bits per heavy atom. The van der Waals surface area contributed by atoms with Crippen LogP contribution >= 0.6 is 39.9 Å². The fraction of sp³-hybridized carbons (Fsp3) is 0.235. The van der Waals surface area contributed by atoms with Crippen LogP contribution in [0.25, 0.3) is 0 Å². The predicted octanol–water partition coefficient (Wildman–Crippen LogP) is 3.29. The van der Waals surface area contributed by atoms with E-state index >= 15 is 0 Å². The van der Waals surface area contributed by atoms with Crippen LogP contribution in [0.1, 0.15) is 0 Å². The number of amides is 2. The summed E-state index contributed by atoms with van der Waals surface area (Å²) in [7, 11) is -0.553. The maximum atomic E-state index is 12.7. The number of carbonyl (C=O) groups excluding carboxylic acids is 1. The number of hydrogen-bond donors (Lipinski definition) is 3. The first kappa shape index (κ1) is 25.5. The highest BCUT2D eigenvalue weighted by atomic mass is 79.9. The molecule has 0 unspecified atom stereocenters. The predicted molar refractivity (Wildman–Crippen MR) is 120 cm³/mol. The number of anilines is 2. The fourth-order valence-electron chi connectivity index (χ4n) is 2.45. The van der Waals surface area contributed by atoms with Gasteiger partial charge in [0.25, 0.3) is 0 Å². The van der Waals surface area contributed by atoms with Crippen molar-refractivity contribution in [1.29, 1.82) is 0 Å². The van der Waals surface area contributed by atoms with E-state index in [9.17, 15) is 18.3 Å². The number of benzene rings is 2. The first-order chi connectivity index (χ1) is 13.1. The average molecular weight is 528 g/mol. The molecule has 2 rings (SSSR count). The van der Waals surface area contributed by atoms with Gasteiger partial charge in [0, 0.05) is 17.6 Å². The minimum absolute atomic E-state index is 0. The van der Waals surface area contributed by atoms with E-state index < -0.39 is 26.7 Å². The second-order valence-corrected chi connectivity index (χ2v) is 9.04. The van der Waals surface area contributed by atoms with Crippen LogP contribution in [0.2, 0.25) is 5.02 Å². The number of rotatable bonds is 7. The molecular formula is C17H21BrCl2N4O4S. The Balaban J connectivity index is 0.00000420. The number of nitrogens with one attached hydrogen (secondary N) is 1. The van der Waals surface area contributed by atoms with Crippen molar-refractivity contribution >= 4 is 67.4 Å². The topological polar surface area (TPSA) is 116 Å². The molecule has 0 fully saturated rings. The molecule has 0 saturated carbocycles. The van der Waals surface area contributed by atoms with Crippen LogP contribution in [0.3, 0.4) is 0 Å². The first-order valence-corrected chi connectivity index (χ1v) is 10.7. The number of hydrogen-bond acceptors (Lipinski definition) is 5. The first-order valence-electron chi connectivity index (χ1n) is 8.06. The number of halogens is 3. The number of phenolic OH excluding ortho intramolecular Hbond substituents is 1. The largest absolute Gasteiger partial charge is 0.504 e. The van der Waals surface area contributed by atoms with Gasteiger partial charge in [-0.05, 0) is 54.3 Å². The Kier molecular flexibility index (Phi) is 9.19. The summed E-state index contributed by atoms with van der Waals surface area (Å²) < 4.78 is 28.3. The number of nitrogens with zero attached hydrogens (tertiary/aromatic N) is 2. The molecule has 0 radical (unpaired) electrons. The Bertz CT molecular complexity index is 989. The molecule has 0 atom stereocenters. The quantitative estimate of drug-likeness (QED) is 0.511. The number of sulfonamides is 1. The third-order valence-electron chi connectivity index (χ3n) is 3.74. The molecule has 0 aliphatic rings. The molecule has 2 aromatic carbocycles. The smallest absolute Gasteiger partial charge is 0.324 e. The van der Waals surface area contributed by atoms with Crippen LogP contribution in [0.5, 0.6) is 5.75 Å². The Hall–Kier alpha value is -1.56. The molecule has 29 heavy (non-hydrogen) atoms. The summed E-state index contributed by atoms with van der Waals surface area (Å²) in [5.41, 5.74) is 5.72. The molecule has 4 N–H and O–H groups in total. The molecule has 0 aliphatic carbocycles. The molecule has 8 nitrogen and oxygen atoms in total. The van der Waals surface area contributed by atoms with Crippen LogP contribution in [0.15, 0.2) is 45.8 Å². The van der Waals surface area contributed by atoms with Gasteiger partial charge in [0.2, 0.25) is 10.0 Å². The highest BCUT2D eigenvalue weighted by Crippen LogP contribution is 2.42. The van der Waals surface area contributed by atoms with Gasteiger partial charge in [-0.15, -0.1) is 12.4 Å². The van der Waals surface area contributed by atoms with Gasteiger partial charge in [-0.2, -0.15) is 0 Å². The summed E-state index contributed by atoms with van der Waals surface area (Å²) in [6, 6.07) is 8.37. The number of nitrogens with two attached hydrogens (primary N) is 1. The SMILES string of the molecule is CN(C)CCNS(=O)(=O)c1c(Cl)ccc(N(C(N)=O)c2ccccc2Br)c1O.Cl. The summed E-state index contributed by atoms with van der Waals surface area (Å²) in [6.07, 6.45) is 0. The summed E-state index contributed by atoms with van der Waals surface area (Å²) in [5, 5.41) is 10.5. The third-order valence-corrected chi connectivity index (χ3v) is 6.37. The molecule has 0 aromatic heterocycles. The summed E-state index contributed by atoms with van der Waals surface area (Å²) in [6.45, 7) is 0.556. The monoisotopic (exact) mass is 526 g/mol. The molecule has 0 heterocycles. The fourth-order valence-corrected chi connectivity index (χ4v) is 4.56. The zero-order valence-corrected chi connectivity index (χ0v) is 19.6. The van der Waals surface area contributed by atoms with Crippen molar-refractivity contribution < 1.29 is 18.3 Å². The number of likely N-dealkylation sites (N-methyl/N-ethyl adjacent to an activating group) is 1. The van der Waals surface area contributed by atoms with Crippen molar-refractivity contribution in [3.63, 3.8) is 0 Å². The van der Waals surface area contributed by atoms with Gasteiger partial charge in [-0.25, -0.2) is 17.9 Å². The van der Waals surface area contributed by atoms with E-state index in [0.29, 0.717) is 16.7 Å². The van der Waals surface area contributed by atoms with E-state index in [-0.39, 0.29) is 29.7 Å². The van der Waals surface area contributed by atoms with E-state index in [1.54, 1.807) is 43.3 Å². The van der Waals surface area contributed by atoms with Gasteiger partial charge < -0.3 is 15.7 Å². The molecule has 12 heteroatoms. The van der Waals surface area contributed by atoms with Gasteiger partial charge in [0.1, 0.15) is 4.90 Å². The van der Waals surface area contributed by atoms with Crippen molar-refractivity contribution in [2.45, 2.75) is 4.90 Å². The van der Waals surface area contributed by atoms with E-state index in [1.165, 1.54) is 12.1 Å². The van der Waals surface area contributed by atoms with E-state index in [1.807, 2.05) is 0 Å². The van der Waals surface area contributed by atoms with Crippen molar-refractivity contribution in [3.8, 4) is 5.75 Å². The van der Waals surface area contributed by atoms with Gasteiger partial charge in [-0.1, -0.05) is 23.7 Å². The molecule has 0 aliphatic heterocycles. The van der Waals surface area contributed by atoms with Gasteiger partial charge >= 0.3 is 6.03 Å². The second-order valence-electron chi connectivity index (χ2n) is 6.07. The maximum Gasteiger partial charge on any atom is 0.324 e. The molecule has 2 aromatic rings. The highest BCUT2D eigenvalue weighted by molar-refractivity contribution is 9.10. The van der Waals surface area contributed by atoms with Crippen molar-refractivity contribution in [2.75, 3.05) is 32.1 Å². The number of primary amides is 1. The Morgan fingerprint density at radius 2 is 1.83 bits per heavy atom. The van der Waals surface area contributed by atoms with Crippen molar-refractivity contribution in [1.82, 2.24) is 9.62 Å². The van der Waals surface area contributed by atoms with E-state index in [2.05, 4.69) is 20.7 Å². The molecule has 160 valence electrons. The molecule has 0 saturated heterocycles. The summed E-state index contributed by atoms with van der Waals surface area (Å²) in [4.78, 5) is 14.4. The van der Waals surface area contributed by atoms with Gasteiger partial charge in [-0.3, -0.25) is 4.90 Å². The average Bonchev–Trinajstić information content (AvgIpc) is 2.57. The van der Waals surface area contributed by atoms with Gasteiger partial charge in [0.15, 0.2) is 5.75 Å². The lowest BCUT2D eigenvalue weighted by atomic mass is 10.2. The maximum absolute atomic E-state index is 12.7. The lowest BCUT2D eigenvalue weighted by Crippen LogP contribution is -2.33. The minimum atomic E-state index is -4.14. The standard InChI is InChI=1S/C17H20BrClN4O4S.ClH/c1-22(2)10-9-21-28(26,27)16-12(19)7-8-14(15(16)24)23(17(20)25)13-6-4-3-5-11(13)18;/h3-8,21,24H,9-10H2,1-2H3,(H2,20,25);1H. The van der Waals surface area contributed by atoms with Crippen LogP contribution in [0, 0.1) is 0 Å². The highest BCUT2D eigenvalue weighted by Gasteiger charge is 2.29. The summed E-state index contributed by atoms with van der Waals surface area (Å²) >= 11 is 9.37. The number of aromatic hydroxyl groups is 1. The molecule has 2 amide bonds. The second kappa shape index (κ2) is 10.5. The normalized spacial score (nSPS) is 11.2. The van der Waals surface area contributed by atoms with E-state index in [0.717, 1.165) is 4.90 Å². The van der Waals surface area contributed by atoms with Crippen molar-refractivity contribution in [2.24, 2.45) is 5.73 Å². The molecule has 0 spiro atoms. The van der Waals surface area contributed by atoms with Crippen LogP contribution in [0.4, 0.5) is 16.2 Å². The van der Waals surface area contributed by atoms with Crippen LogP contribution in [-0.4, -0.2) is 51.6 Å². The zero-order chi connectivity index (χ0) is 21.1. The number of carbonyl (C=O) groups is 1. The molecule has 0 bridgehead atoms. The van der Waals surface area contributed by atoms with Crippen LogP contribution in [-0.2, 0) is 10.0 Å². The lowest BCUT2D eigenvalue weighted by Gasteiger charge is -2.24. The van der Waals surface area contributed by atoms with Gasteiger partial charge in [0.05, 0.1) is 16.4 Å². The summed E-state index contributed by atoms with van der Waals surface area (Å²) in [5.74, 6) is -0.681. The lowest BCUT2D eigenvalue weighted by molar-refractivity contribution is 0.256.